The minimum Gasteiger partial charge on any atom is -0.360 e. The van der Waals surface area contributed by atoms with Crippen molar-refractivity contribution in [1.29, 1.82) is 0 Å². The largest absolute Gasteiger partial charge is 0.360 e. The van der Waals surface area contributed by atoms with Gasteiger partial charge in [0, 0.05) is 19.0 Å². The fraction of sp³-hybridized carbons (Fsp3) is 0.158. The quantitative estimate of drug-likeness (QED) is 0.725. The first-order valence-electron chi connectivity index (χ1n) is 7.62. The third kappa shape index (κ3) is 2.23. The number of benzene rings is 2. The van der Waals surface area contributed by atoms with Gasteiger partial charge in [-0.05, 0) is 5.56 Å². The highest BCUT2D eigenvalue weighted by Crippen LogP contribution is 2.36. The monoisotopic (exact) mass is 304 g/mol. The lowest BCUT2D eigenvalue weighted by Gasteiger charge is -2.31. The number of nitrogens with zero attached hydrogens (tertiary/aromatic N) is 2. The molecule has 4 rings (SSSR count). The summed E-state index contributed by atoms with van der Waals surface area (Å²) in [6.45, 7) is 0. The molecule has 0 saturated heterocycles. The number of aromatic nitrogens is 1. The van der Waals surface area contributed by atoms with Crippen LogP contribution in [-0.2, 0) is 6.42 Å². The van der Waals surface area contributed by atoms with Crippen molar-refractivity contribution >= 4 is 5.91 Å². The van der Waals surface area contributed by atoms with Gasteiger partial charge in [0.15, 0.2) is 5.76 Å². The van der Waals surface area contributed by atoms with Crippen LogP contribution in [0.1, 0.15) is 27.7 Å². The van der Waals surface area contributed by atoms with Crippen LogP contribution in [0.3, 0.4) is 0 Å². The van der Waals surface area contributed by atoms with Gasteiger partial charge < -0.3 is 9.42 Å². The number of rotatable bonds is 2. The van der Waals surface area contributed by atoms with Gasteiger partial charge in [0.05, 0.1) is 6.04 Å². The second-order valence-electron chi connectivity index (χ2n) is 5.74. The highest BCUT2D eigenvalue weighted by atomic mass is 16.5. The van der Waals surface area contributed by atoms with Crippen LogP contribution in [0, 0.1) is 0 Å². The van der Waals surface area contributed by atoms with E-state index in [9.17, 15) is 4.79 Å². The van der Waals surface area contributed by atoms with Crippen molar-refractivity contribution in [3.8, 4) is 11.3 Å². The summed E-state index contributed by atoms with van der Waals surface area (Å²) in [5.41, 5.74) is 3.22. The Morgan fingerprint density at radius 1 is 1.04 bits per heavy atom. The van der Waals surface area contributed by atoms with E-state index in [1.807, 2.05) is 67.7 Å². The summed E-state index contributed by atoms with van der Waals surface area (Å²) in [5.74, 6) is 0.626. The lowest BCUT2D eigenvalue weighted by atomic mass is 9.92. The Morgan fingerprint density at radius 3 is 2.39 bits per heavy atom. The number of carbonyl (C=O) groups excluding carboxylic acids is 1. The lowest BCUT2D eigenvalue weighted by Crippen LogP contribution is -2.37. The maximum absolute atomic E-state index is 12.9. The van der Waals surface area contributed by atoms with Crippen LogP contribution in [-0.4, -0.2) is 23.0 Å². The topological polar surface area (TPSA) is 46.3 Å². The van der Waals surface area contributed by atoms with Crippen molar-refractivity contribution in [2.45, 2.75) is 12.5 Å². The highest BCUT2D eigenvalue weighted by molar-refractivity contribution is 6.01. The molecule has 0 saturated carbocycles. The van der Waals surface area contributed by atoms with Gasteiger partial charge in [0.25, 0.3) is 5.91 Å². The van der Waals surface area contributed by atoms with Crippen molar-refractivity contribution in [3.63, 3.8) is 0 Å². The molecule has 114 valence electrons. The molecular weight excluding hydrogens is 288 g/mol. The molecule has 1 aliphatic rings. The summed E-state index contributed by atoms with van der Waals surface area (Å²) in [7, 11) is 1.84. The van der Waals surface area contributed by atoms with E-state index >= 15 is 0 Å². The third-order valence-electron chi connectivity index (χ3n) is 4.37. The summed E-state index contributed by atoms with van der Waals surface area (Å²) in [6.07, 6.45) is 0.640. The Hall–Kier alpha value is -2.88. The maximum atomic E-state index is 12.9. The van der Waals surface area contributed by atoms with E-state index < -0.39 is 0 Å². The van der Waals surface area contributed by atoms with Gasteiger partial charge in [-0.3, -0.25) is 4.79 Å². The van der Waals surface area contributed by atoms with E-state index in [4.69, 9.17) is 4.52 Å². The maximum Gasteiger partial charge on any atom is 0.260 e. The lowest BCUT2D eigenvalue weighted by molar-refractivity contribution is 0.0694. The Morgan fingerprint density at radius 2 is 1.70 bits per heavy atom. The SMILES string of the molecule is CN1C(=O)c2c(-c3ccccc3)noc2CC1c1ccccc1. The van der Waals surface area contributed by atoms with Crippen LogP contribution in [0.4, 0.5) is 0 Å². The standard InChI is InChI=1S/C19H16N2O2/c1-21-15(13-8-4-2-5-9-13)12-16-17(19(21)22)18(20-23-16)14-10-6-3-7-11-14/h2-11,15H,12H2,1H3. The molecule has 0 spiro atoms. The zero-order valence-corrected chi connectivity index (χ0v) is 12.8. The molecule has 1 unspecified atom stereocenters. The number of likely N-dealkylation sites (N-methyl/N-ethyl adjacent to an activating group) is 1. The van der Waals surface area contributed by atoms with Gasteiger partial charge >= 0.3 is 0 Å². The van der Waals surface area contributed by atoms with Crippen molar-refractivity contribution in [2.24, 2.45) is 0 Å². The fourth-order valence-electron chi connectivity index (χ4n) is 3.12. The van der Waals surface area contributed by atoms with Crippen LogP contribution >= 0.6 is 0 Å². The molecule has 1 aromatic heterocycles. The molecule has 2 heterocycles. The van der Waals surface area contributed by atoms with E-state index in [0.29, 0.717) is 23.4 Å². The van der Waals surface area contributed by atoms with E-state index in [1.165, 1.54) is 0 Å². The molecule has 3 aromatic rings. The molecule has 0 fully saturated rings. The van der Waals surface area contributed by atoms with E-state index in [0.717, 1.165) is 11.1 Å². The number of carbonyl (C=O) groups is 1. The number of hydrogen-bond acceptors (Lipinski definition) is 3. The Bertz CT molecular complexity index is 840. The Labute approximate surface area is 134 Å². The molecule has 0 radical (unpaired) electrons. The van der Waals surface area contributed by atoms with Gasteiger partial charge in [-0.15, -0.1) is 0 Å². The normalized spacial score (nSPS) is 17.2. The molecular formula is C19H16N2O2. The smallest absolute Gasteiger partial charge is 0.260 e. The van der Waals surface area contributed by atoms with Gasteiger partial charge in [0.1, 0.15) is 11.3 Å². The predicted octanol–water partition coefficient (Wildman–Crippen LogP) is 3.71. The van der Waals surface area contributed by atoms with Gasteiger partial charge in [0.2, 0.25) is 0 Å². The zero-order valence-electron chi connectivity index (χ0n) is 12.8. The minimum atomic E-state index is -0.0415. The zero-order chi connectivity index (χ0) is 15.8. The van der Waals surface area contributed by atoms with Crippen LogP contribution in [0.25, 0.3) is 11.3 Å². The van der Waals surface area contributed by atoms with Crippen molar-refractivity contribution < 1.29 is 9.32 Å². The summed E-state index contributed by atoms with van der Waals surface area (Å²) >= 11 is 0. The van der Waals surface area contributed by atoms with E-state index in [-0.39, 0.29) is 11.9 Å². The summed E-state index contributed by atoms with van der Waals surface area (Å²) < 4.78 is 5.51. The van der Waals surface area contributed by atoms with Crippen molar-refractivity contribution in [3.05, 3.63) is 77.6 Å². The first kappa shape index (κ1) is 13.8. The molecule has 1 atom stereocenters. The molecule has 1 amide bonds. The molecule has 4 nitrogen and oxygen atoms in total. The fourth-order valence-corrected chi connectivity index (χ4v) is 3.12. The molecule has 0 aliphatic carbocycles. The second kappa shape index (κ2) is 5.39. The molecule has 23 heavy (non-hydrogen) atoms. The van der Waals surface area contributed by atoms with Crippen molar-refractivity contribution in [1.82, 2.24) is 10.1 Å². The number of hydrogen-bond donors (Lipinski definition) is 0. The summed E-state index contributed by atoms with van der Waals surface area (Å²) in [4.78, 5) is 14.7. The van der Waals surface area contributed by atoms with Gasteiger partial charge in [-0.1, -0.05) is 65.8 Å². The second-order valence-corrected chi connectivity index (χ2v) is 5.74. The molecule has 4 heteroatoms. The molecule has 0 bridgehead atoms. The van der Waals surface area contributed by atoms with Gasteiger partial charge in [-0.25, -0.2) is 0 Å². The third-order valence-corrected chi connectivity index (χ3v) is 4.37. The van der Waals surface area contributed by atoms with E-state index in [2.05, 4.69) is 5.16 Å². The van der Waals surface area contributed by atoms with E-state index in [1.54, 1.807) is 4.90 Å². The first-order chi connectivity index (χ1) is 11.3. The summed E-state index contributed by atoms with van der Waals surface area (Å²) in [5, 5.41) is 4.16. The molecule has 2 aromatic carbocycles. The average molecular weight is 304 g/mol. The molecule has 0 N–H and O–H groups in total. The number of amides is 1. The van der Waals surface area contributed by atoms with Crippen LogP contribution < -0.4 is 0 Å². The van der Waals surface area contributed by atoms with Crippen molar-refractivity contribution in [2.75, 3.05) is 7.05 Å². The first-order valence-corrected chi connectivity index (χ1v) is 7.62. The summed E-state index contributed by atoms with van der Waals surface area (Å²) in [6, 6.07) is 19.7. The molecule has 1 aliphatic heterocycles. The van der Waals surface area contributed by atoms with Gasteiger partial charge in [-0.2, -0.15) is 0 Å². The van der Waals surface area contributed by atoms with Crippen LogP contribution in [0.5, 0.6) is 0 Å². The van der Waals surface area contributed by atoms with Crippen LogP contribution in [0.15, 0.2) is 65.2 Å². The highest BCUT2D eigenvalue weighted by Gasteiger charge is 2.36. The Balaban J connectivity index is 1.78. The van der Waals surface area contributed by atoms with Crippen LogP contribution in [0.2, 0.25) is 0 Å². The average Bonchev–Trinajstić information content (AvgIpc) is 3.04. The number of fused-ring (bicyclic) bond motifs is 1. The predicted molar refractivity (Wildman–Crippen MR) is 86.9 cm³/mol. The minimum absolute atomic E-state index is 0.0206. The Kier molecular flexibility index (Phi) is 3.23.